The molecule has 0 amide bonds. The molecule has 1 aliphatic carbocycles. The molecule has 1 heterocycles. The van der Waals surface area contributed by atoms with Crippen LogP contribution in [0, 0.1) is 11.3 Å². The molecule has 4 N–H and O–H groups in total. The summed E-state index contributed by atoms with van der Waals surface area (Å²) < 4.78 is 60.0. The molecule has 1 aromatic heterocycles. The summed E-state index contributed by atoms with van der Waals surface area (Å²) in [5.74, 6) is -1.42. The number of benzene rings is 2. The van der Waals surface area contributed by atoms with Crippen molar-refractivity contribution >= 4 is 33.2 Å². The third kappa shape index (κ3) is 5.35. The summed E-state index contributed by atoms with van der Waals surface area (Å²) in [5.41, 5.74) is -4.28. The van der Waals surface area contributed by atoms with Crippen LogP contribution in [0.15, 0.2) is 38.8 Å². The summed E-state index contributed by atoms with van der Waals surface area (Å²) in [7, 11) is -4.30. The number of ether oxygens (including phenoxy) is 1. The lowest BCUT2D eigenvalue weighted by atomic mass is 9.91. The first-order valence-electron chi connectivity index (χ1n) is 10.5. The van der Waals surface area contributed by atoms with Crippen molar-refractivity contribution in [2.45, 2.75) is 36.3 Å². The summed E-state index contributed by atoms with van der Waals surface area (Å²) in [6, 6.07) is 4.98. The van der Waals surface area contributed by atoms with Gasteiger partial charge in [0.1, 0.15) is 22.5 Å². The third-order valence-electron chi connectivity index (χ3n) is 5.41. The quantitative estimate of drug-likeness (QED) is 0.320. The van der Waals surface area contributed by atoms with E-state index < -0.39 is 56.2 Å². The van der Waals surface area contributed by atoms with Crippen molar-refractivity contribution in [3.05, 3.63) is 66.4 Å². The van der Waals surface area contributed by atoms with E-state index in [1.165, 1.54) is 0 Å². The Morgan fingerprint density at radius 1 is 1.21 bits per heavy atom. The van der Waals surface area contributed by atoms with Crippen molar-refractivity contribution in [2.24, 2.45) is 0 Å². The minimum Gasteiger partial charge on any atom is -0.506 e. The number of halogens is 4. The van der Waals surface area contributed by atoms with Crippen molar-refractivity contribution in [1.82, 2.24) is 19.5 Å². The molecule has 0 aliphatic heterocycles. The number of hydrogen-bond acceptors (Lipinski definition) is 9. The zero-order valence-corrected chi connectivity index (χ0v) is 21.0. The number of hydrogen-bond donors (Lipinski definition) is 4. The molecule has 0 radical (unpaired) electrons. The second kappa shape index (κ2) is 10.3. The molecule has 0 unspecified atom stereocenters. The zero-order valence-electron chi connectivity index (χ0n) is 18.7. The number of nitriles is 1. The number of aromatic amines is 1. The van der Waals surface area contributed by atoms with Crippen LogP contribution < -0.4 is 20.7 Å². The third-order valence-corrected chi connectivity index (χ3v) is 7.52. The second-order valence-corrected chi connectivity index (χ2v) is 10.6. The molecule has 1 saturated carbocycles. The van der Waals surface area contributed by atoms with Gasteiger partial charge in [-0.1, -0.05) is 23.2 Å². The maximum absolute atomic E-state index is 13.1. The van der Waals surface area contributed by atoms with Gasteiger partial charge in [0, 0.05) is 18.2 Å². The molecule has 38 heavy (non-hydrogen) atoms. The number of nitrogens with one attached hydrogen (secondary N) is 2. The number of sulfonamides is 1. The number of phenols is 1. The van der Waals surface area contributed by atoms with Crippen molar-refractivity contribution in [2.75, 3.05) is 0 Å². The van der Waals surface area contributed by atoms with E-state index in [1.807, 2.05) is 0 Å². The molecular formula is C21H15Cl2F2N5O7S. The molecule has 0 atom stereocenters. The molecule has 12 nitrogen and oxygen atoms in total. The van der Waals surface area contributed by atoms with Crippen LogP contribution in [-0.4, -0.2) is 45.5 Å². The van der Waals surface area contributed by atoms with Gasteiger partial charge in [-0.2, -0.15) is 15.0 Å². The van der Waals surface area contributed by atoms with E-state index in [0.29, 0.717) is 4.68 Å². The maximum atomic E-state index is 13.1. The lowest BCUT2D eigenvalue weighted by Gasteiger charge is -2.31. The summed E-state index contributed by atoms with van der Waals surface area (Å²) >= 11 is 12.5. The van der Waals surface area contributed by atoms with Crippen LogP contribution in [0.2, 0.25) is 10.0 Å². The van der Waals surface area contributed by atoms with E-state index in [2.05, 4.69) is 9.82 Å². The topological polar surface area (TPSA) is 187 Å². The first-order chi connectivity index (χ1) is 17.8. The lowest BCUT2D eigenvalue weighted by molar-refractivity contribution is 0.0712. The molecule has 0 spiro atoms. The van der Waals surface area contributed by atoms with Crippen molar-refractivity contribution in [1.29, 1.82) is 5.26 Å². The van der Waals surface area contributed by atoms with Crippen molar-refractivity contribution in [3.8, 4) is 29.0 Å². The Morgan fingerprint density at radius 2 is 1.84 bits per heavy atom. The van der Waals surface area contributed by atoms with Crippen LogP contribution in [0.4, 0.5) is 8.78 Å². The minimum absolute atomic E-state index is 0.184. The normalized spacial score (nSPS) is 17.2. The second-order valence-electron chi connectivity index (χ2n) is 8.07. The molecule has 4 rings (SSSR count). The van der Waals surface area contributed by atoms with Crippen molar-refractivity contribution < 1.29 is 32.1 Å². The summed E-state index contributed by atoms with van der Waals surface area (Å²) in [5, 5.41) is 31.8. The number of nitrogens with zero attached hydrogens (tertiary/aromatic N) is 3. The van der Waals surface area contributed by atoms with Gasteiger partial charge in [0.05, 0.1) is 27.4 Å². The first-order valence-corrected chi connectivity index (χ1v) is 12.7. The van der Waals surface area contributed by atoms with Crippen LogP contribution in [0.3, 0.4) is 0 Å². The summed E-state index contributed by atoms with van der Waals surface area (Å²) in [6.07, 6.45) is -3.56. The van der Waals surface area contributed by atoms with E-state index in [4.69, 9.17) is 27.9 Å². The highest BCUT2D eigenvalue weighted by Crippen LogP contribution is 2.41. The Bertz CT molecular complexity index is 1680. The number of aliphatic hydroxyl groups is 1. The monoisotopic (exact) mass is 589 g/mol. The Kier molecular flexibility index (Phi) is 7.46. The molecule has 1 aliphatic rings. The van der Waals surface area contributed by atoms with E-state index in [9.17, 15) is 42.3 Å². The number of aromatic hydroxyl groups is 1. The summed E-state index contributed by atoms with van der Waals surface area (Å²) in [4.78, 5) is 24.7. The highest BCUT2D eigenvalue weighted by Gasteiger charge is 2.33. The Morgan fingerprint density at radius 3 is 2.39 bits per heavy atom. The standard InChI is InChI=1S/C21H15Cl2F2N5O7S/c22-12-4-10(30-21(34)27-20(33)17(28-30)19(24)25)5-13(23)18(12)37-15-6-16(14(32)1-8(15)7-26)38(35,36)29-9-2-11(31)3-9/h1,4-6,9,11,19,29,31-32H,2-3H2,(H,27,33,34). The number of rotatable bonds is 7. The molecule has 0 saturated heterocycles. The van der Waals surface area contributed by atoms with Gasteiger partial charge >= 0.3 is 5.69 Å². The molecule has 1 fully saturated rings. The number of phenolic OH excluding ortho intramolecular Hbond substituents is 1. The molecule has 200 valence electrons. The van der Waals surface area contributed by atoms with E-state index in [0.717, 1.165) is 24.3 Å². The fourth-order valence-corrected chi connectivity index (χ4v) is 5.42. The Hall–Kier alpha value is -3.55. The van der Waals surface area contributed by atoms with Crippen LogP contribution in [0.25, 0.3) is 5.69 Å². The van der Waals surface area contributed by atoms with Crippen LogP contribution in [0.1, 0.15) is 30.5 Å². The lowest BCUT2D eigenvalue weighted by Crippen LogP contribution is -2.46. The molecular weight excluding hydrogens is 575 g/mol. The predicted octanol–water partition coefficient (Wildman–Crippen LogP) is 2.34. The molecule has 0 bridgehead atoms. The van der Waals surface area contributed by atoms with Gasteiger partial charge in [-0.25, -0.2) is 26.7 Å². The largest absolute Gasteiger partial charge is 0.506 e. The molecule has 17 heteroatoms. The Balaban J connectivity index is 1.73. The van der Waals surface area contributed by atoms with E-state index in [-0.39, 0.29) is 45.6 Å². The smallest absolute Gasteiger partial charge is 0.349 e. The van der Waals surface area contributed by atoms with Gasteiger partial charge in [0.25, 0.3) is 12.0 Å². The average molecular weight is 590 g/mol. The first kappa shape index (κ1) is 27.5. The number of H-pyrrole nitrogens is 1. The van der Waals surface area contributed by atoms with Gasteiger partial charge in [-0.15, -0.1) is 0 Å². The highest BCUT2D eigenvalue weighted by molar-refractivity contribution is 7.89. The number of aliphatic hydroxyl groups excluding tert-OH is 1. The Labute approximate surface area is 221 Å². The van der Waals surface area contributed by atoms with Gasteiger partial charge in [0.15, 0.2) is 11.4 Å². The zero-order chi connectivity index (χ0) is 27.9. The fourth-order valence-electron chi connectivity index (χ4n) is 3.51. The number of alkyl halides is 2. The van der Waals surface area contributed by atoms with E-state index in [1.54, 1.807) is 11.1 Å². The average Bonchev–Trinajstić information content (AvgIpc) is 2.80. The SMILES string of the molecule is N#Cc1cc(O)c(S(=O)(=O)NC2CC(O)C2)cc1Oc1c(Cl)cc(-n2nc(C(F)F)c(=O)[nH]c2=O)cc1Cl. The minimum atomic E-state index is -4.30. The van der Waals surface area contributed by atoms with Gasteiger partial charge in [0.2, 0.25) is 10.0 Å². The fraction of sp³-hybridized carbons (Fsp3) is 0.238. The van der Waals surface area contributed by atoms with Crippen LogP contribution in [0.5, 0.6) is 17.2 Å². The van der Waals surface area contributed by atoms with Crippen LogP contribution in [-0.2, 0) is 10.0 Å². The molecule has 2 aromatic carbocycles. The predicted molar refractivity (Wildman–Crippen MR) is 128 cm³/mol. The summed E-state index contributed by atoms with van der Waals surface area (Å²) in [6.45, 7) is 0. The molecule has 3 aromatic rings. The highest BCUT2D eigenvalue weighted by atomic mass is 35.5. The van der Waals surface area contributed by atoms with Gasteiger partial charge in [-0.3, -0.25) is 9.78 Å². The van der Waals surface area contributed by atoms with E-state index >= 15 is 0 Å². The number of aromatic nitrogens is 3. The maximum Gasteiger partial charge on any atom is 0.349 e. The van der Waals surface area contributed by atoms with Gasteiger partial charge < -0.3 is 14.9 Å². The van der Waals surface area contributed by atoms with Crippen molar-refractivity contribution in [3.63, 3.8) is 0 Å². The van der Waals surface area contributed by atoms with Gasteiger partial charge in [-0.05, 0) is 25.0 Å². The van der Waals surface area contributed by atoms with Crippen LogP contribution >= 0.6 is 23.2 Å².